The fraction of sp³-hybridized carbons (Fsp3) is 1.00. The molecule has 1 unspecified atom stereocenters. The zero-order valence-electron chi connectivity index (χ0n) is 14.0. The average molecular weight is 288 g/mol. The predicted molar refractivity (Wildman–Crippen MR) is 85.3 cm³/mol. The van der Waals surface area contributed by atoms with Crippen molar-refractivity contribution in [3.63, 3.8) is 0 Å². The maximum Gasteiger partial charge on any atom is 0.0701 e. The van der Waals surface area contributed by atoms with E-state index in [1.807, 2.05) is 0 Å². The smallest absolute Gasteiger partial charge is 0.0701 e. The third kappa shape index (κ3) is 15.9. The zero-order valence-corrected chi connectivity index (χ0v) is 14.0. The Morgan fingerprint density at radius 2 is 1.20 bits per heavy atom. The molecule has 0 N–H and O–H groups in total. The van der Waals surface area contributed by atoms with Crippen molar-refractivity contribution in [2.45, 2.75) is 65.7 Å². The predicted octanol–water partition coefficient (Wildman–Crippen LogP) is 4.44. The van der Waals surface area contributed by atoms with Crippen LogP contribution in [0, 0.1) is 5.92 Å². The standard InChI is InChI=1S/C17H36O3/c1-4-6-7-8-9-10-11-18-12-13-19-14-15-20-16-17(3)5-2/h17H,4-16H2,1-3H3. The normalized spacial score (nSPS) is 12.8. The van der Waals surface area contributed by atoms with Gasteiger partial charge < -0.3 is 14.2 Å². The molecular weight excluding hydrogens is 252 g/mol. The second-order valence-corrected chi connectivity index (χ2v) is 5.58. The van der Waals surface area contributed by atoms with Crippen LogP contribution in [0.15, 0.2) is 0 Å². The second-order valence-electron chi connectivity index (χ2n) is 5.58. The third-order valence-electron chi connectivity index (χ3n) is 3.49. The molecule has 3 heteroatoms. The number of rotatable bonds is 16. The maximum atomic E-state index is 5.54. The summed E-state index contributed by atoms with van der Waals surface area (Å²) in [6.45, 7) is 11.1. The van der Waals surface area contributed by atoms with Gasteiger partial charge in [0.15, 0.2) is 0 Å². The minimum Gasteiger partial charge on any atom is -0.379 e. The van der Waals surface area contributed by atoms with E-state index >= 15 is 0 Å². The molecule has 0 aromatic heterocycles. The molecule has 3 nitrogen and oxygen atoms in total. The number of hydrogen-bond donors (Lipinski definition) is 0. The van der Waals surface area contributed by atoms with Gasteiger partial charge in [0.05, 0.1) is 26.4 Å². The quantitative estimate of drug-likeness (QED) is 0.393. The van der Waals surface area contributed by atoms with E-state index in [2.05, 4.69) is 20.8 Å². The lowest BCUT2D eigenvalue weighted by Crippen LogP contribution is -2.12. The lowest BCUT2D eigenvalue weighted by molar-refractivity contribution is 0.00771. The van der Waals surface area contributed by atoms with Crippen molar-refractivity contribution in [1.82, 2.24) is 0 Å². The highest BCUT2D eigenvalue weighted by molar-refractivity contribution is 4.46. The molecule has 20 heavy (non-hydrogen) atoms. The molecule has 0 fully saturated rings. The molecule has 0 aliphatic carbocycles. The van der Waals surface area contributed by atoms with Crippen LogP contribution in [0.2, 0.25) is 0 Å². The first kappa shape index (κ1) is 19.9. The van der Waals surface area contributed by atoms with Gasteiger partial charge in [-0.05, 0) is 12.3 Å². The summed E-state index contributed by atoms with van der Waals surface area (Å²) in [6, 6.07) is 0. The molecule has 122 valence electrons. The van der Waals surface area contributed by atoms with Gasteiger partial charge >= 0.3 is 0 Å². The van der Waals surface area contributed by atoms with E-state index in [1.54, 1.807) is 0 Å². The van der Waals surface area contributed by atoms with Crippen LogP contribution in [0.4, 0.5) is 0 Å². The van der Waals surface area contributed by atoms with Gasteiger partial charge in [0.25, 0.3) is 0 Å². The Morgan fingerprint density at radius 3 is 1.85 bits per heavy atom. The molecule has 0 saturated heterocycles. The Labute approximate surface area is 126 Å². The van der Waals surface area contributed by atoms with Crippen molar-refractivity contribution in [3.05, 3.63) is 0 Å². The van der Waals surface area contributed by atoms with Crippen molar-refractivity contribution >= 4 is 0 Å². The van der Waals surface area contributed by atoms with Gasteiger partial charge in [-0.3, -0.25) is 0 Å². The van der Waals surface area contributed by atoms with Gasteiger partial charge in [0, 0.05) is 13.2 Å². The lowest BCUT2D eigenvalue weighted by atomic mass is 10.1. The summed E-state index contributed by atoms with van der Waals surface area (Å²) in [5.74, 6) is 0.649. The molecule has 0 aromatic carbocycles. The fourth-order valence-corrected chi connectivity index (χ4v) is 1.83. The summed E-state index contributed by atoms with van der Waals surface area (Å²) in [7, 11) is 0. The minimum atomic E-state index is 0.649. The van der Waals surface area contributed by atoms with Gasteiger partial charge in [-0.2, -0.15) is 0 Å². The topological polar surface area (TPSA) is 27.7 Å². The molecule has 0 bridgehead atoms. The summed E-state index contributed by atoms with van der Waals surface area (Å²) in [6.07, 6.45) is 9.05. The Bertz CT molecular complexity index is 174. The Hall–Kier alpha value is -0.120. The Morgan fingerprint density at radius 1 is 0.650 bits per heavy atom. The van der Waals surface area contributed by atoms with E-state index in [-0.39, 0.29) is 0 Å². The highest BCUT2D eigenvalue weighted by Crippen LogP contribution is 2.04. The third-order valence-corrected chi connectivity index (χ3v) is 3.49. The summed E-state index contributed by atoms with van der Waals surface area (Å²) >= 11 is 0. The van der Waals surface area contributed by atoms with Gasteiger partial charge in [-0.1, -0.05) is 59.3 Å². The van der Waals surface area contributed by atoms with E-state index in [1.165, 1.54) is 44.9 Å². The molecule has 0 heterocycles. The molecule has 0 spiro atoms. The molecule has 0 rings (SSSR count). The first-order chi connectivity index (χ1) is 9.81. The molecule has 0 radical (unpaired) electrons. The van der Waals surface area contributed by atoms with E-state index in [9.17, 15) is 0 Å². The SMILES string of the molecule is CCCCCCCCOCCOCCOCC(C)CC. The second kappa shape index (κ2) is 16.9. The van der Waals surface area contributed by atoms with Crippen LogP contribution in [-0.4, -0.2) is 39.6 Å². The van der Waals surface area contributed by atoms with Crippen molar-refractivity contribution < 1.29 is 14.2 Å². The molecule has 0 aliphatic rings. The summed E-state index contributed by atoms with van der Waals surface area (Å²) < 4.78 is 16.5. The van der Waals surface area contributed by atoms with Crippen LogP contribution in [0.3, 0.4) is 0 Å². The first-order valence-corrected chi connectivity index (χ1v) is 8.54. The molecule has 0 aliphatic heterocycles. The van der Waals surface area contributed by atoms with Crippen molar-refractivity contribution in [2.24, 2.45) is 5.92 Å². The summed E-state index contributed by atoms with van der Waals surface area (Å²) in [5, 5.41) is 0. The molecule has 0 amide bonds. The number of ether oxygens (including phenoxy) is 3. The van der Waals surface area contributed by atoms with Gasteiger partial charge in [-0.15, -0.1) is 0 Å². The summed E-state index contributed by atoms with van der Waals surface area (Å²) in [5.41, 5.74) is 0. The lowest BCUT2D eigenvalue weighted by Gasteiger charge is -2.09. The van der Waals surface area contributed by atoms with Crippen LogP contribution in [0.5, 0.6) is 0 Å². The first-order valence-electron chi connectivity index (χ1n) is 8.54. The fourth-order valence-electron chi connectivity index (χ4n) is 1.83. The highest BCUT2D eigenvalue weighted by Gasteiger charge is 1.98. The number of hydrogen-bond acceptors (Lipinski definition) is 3. The van der Waals surface area contributed by atoms with E-state index < -0.39 is 0 Å². The van der Waals surface area contributed by atoms with Crippen LogP contribution in [0.1, 0.15) is 65.7 Å². The maximum absolute atomic E-state index is 5.54. The van der Waals surface area contributed by atoms with Crippen LogP contribution in [-0.2, 0) is 14.2 Å². The minimum absolute atomic E-state index is 0.649. The largest absolute Gasteiger partial charge is 0.379 e. The Balaban J connectivity index is 2.96. The molecule has 0 saturated carbocycles. The summed E-state index contributed by atoms with van der Waals surface area (Å²) in [4.78, 5) is 0. The highest BCUT2D eigenvalue weighted by atomic mass is 16.5. The van der Waals surface area contributed by atoms with E-state index in [4.69, 9.17) is 14.2 Å². The average Bonchev–Trinajstić information content (AvgIpc) is 2.47. The van der Waals surface area contributed by atoms with Crippen molar-refractivity contribution in [1.29, 1.82) is 0 Å². The zero-order chi connectivity index (χ0) is 14.9. The molecular formula is C17H36O3. The van der Waals surface area contributed by atoms with Crippen LogP contribution >= 0.6 is 0 Å². The molecule has 0 aromatic rings. The van der Waals surface area contributed by atoms with Gasteiger partial charge in [0.2, 0.25) is 0 Å². The van der Waals surface area contributed by atoms with Crippen molar-refractivity contribution in [2.75, 3.05) is 39.6 Å². The molecule has 1 atom stereocenters. The Kier molecular flexibility index (Phi) is 16.8. The monoisotopic (exact) mass is 288 g/mol. The van der Waals surface area contributed by atoms with Gasteiger partial charge in [-0.25, -0.2) is 0 Å². The van der Waals surface area contributed by atoms with Crippen molar-refractivity contribution in [3.8, 4) is 0 Å². The number of unbranched alkanes of at least 4 members (excludes halogenated alkanes) is 5. The van der Waals surface area contributed by atoms with Crippen LogP contribution in [0.25, 0.3) is 0 Å². The van der Waals surface area contributed by atoms with Gasteiger partial charge in [0.1, 0.15) is 0 Å². The van der Waals surface area contributed by atoms with Crippen LogP contribution < -0.4 is 0 Å². The van der Waals surface area contributed by atoms with E-state index in [0.717, 1.165) is 13.2 Å². The van der Waals surface area contributed by atoms with E-state index in [0.29, 0.717) is 32.3 Å².